The van der Waals surface area contributed by atoms with Crippen LogP contribution in [-0.4, -0.2) is 19.3 Å². The van der Waals surface area contributed by atoms with Crippen LogP contribution in [0.3, 0.4) is 0 Å². The third kappa shape index (κ3) is 2.85. The smallest absolute Gasteiger partial charge is 0.0946 e. The minimum atomic E-state index is 0.0409. The van der Waals surface area contributed by atoms with E-state index in [-0.39, 0.29) is 6.04 Å². The molecule has 2 aromatic heterocycles. The second-order valence-corrected chi connectivity index (χ2v) is 4.65. The summed E-state index contributed by atoms with van der Waals surface area (Å²) in [5, 5.41) is 4.56. The fourth-order valence-electron chi connectivity index (χ4n) is 2.29. The molecule has 19 heavy (non-hydrogen) atoms. The van der Waals surface area contributed by atoms with Crippen molar-refractivity contribution in [1.29, 1.82) is 0 Å². The largest absolute Gasteiger partial charge is 0.336 e. The van der Waals surface area contributed by atoms with Gasteiger partial charge >= 0.3 is 0 Å². The topological polar surface area (TPSA) is 73.7 Å². The Balaban J connectivity index is 2.23. The number of aryl methyl sites for hydroxylation is 3. The van der Waals surface area contributed by atoms with Crippen molar-refractivity contribution >= 4 is 0 Å². The zero-order valence-electron chi connectivity index (χ0n) is 11.8. The highest BCUT2D eigenvalue weighted by Crippen LogP contribution is 2.18. The molecule has 2 rings (SSSR count). The van der Waals surface area contributed by atoms with Crippen LogP contribution in [0, 0.1) is 0 Å². The van der Waals surface area contributed by atoms with Gasteiger partial charge in [-0.05, 0) is 19.4 Å². The van der Waals surface area contributed by atoms with Crippen LogP contribution >= 0.6 is 0 Å². The van der Waals surface area contributed by atoms with E-state index >= 15 is 0 Å². The summed E-state index contributed by atoms with van der Waals surface area (Å²) in [5.74, 6) is 5.69. The lowest BCUT2D eigenvalue weighted by molar-refractivity contribution is 0.495. The van der Waals surface area contributed by atoms with E-state index in [0.717, 1.165) is 30.8 Å². The number of rotatable bonds is 6. The summed E-state index contributed by atoms with van der Waals surface area (Å²) in [4.78, 5) is 4.14. The molecule has 0 aromatic carbocycles. The SMILES string of the molecule is CCc1cc(CC(NN)c2cncn2C)n(CC)n1. The highest BCUT2D eigenvalue weighted by Gasteiger charge is 2.17. The van der Waals surface area contributed by atoms with Crippen LogP contribution in [0.25, 0.3) is 0 Å². The molecule has 0 aliphatic rings. The maximum Gasteiger partial charge on any atom is 0.0946 e. The molecular formula is C13H22N6. The Morgan fingerprint density at radius 1 is 1.42 bits per heavy atom. The predicted molar refractivity (Wildman–Crippen MR) is 74.3 cm³/mol. The van der Waals surface area contributed by atoms with Gasteiger partial charge in [0.1, 0.15) is 0 Å². The Hall–Kier alpha value is -1.66. The highest BCUT2D eigenvalue weighted by atomic mass is 15.3. The summed E-state index contributed by atoms with van der Waals surface area (Å²) < 4.78 is 4.03. The van der Waals surface area contributed by atoms with Gasteiger partial charge in [0, 0.05) is 31.9 Å². The quantitative estimate of drug-likeness (QED) is 0.600. The molecule has 6 heteroatoms. The molecule has 0 amide bonds. The third-order valence-corrected chi connectivity index (χ3v) is 3.40. The van der Waals surface area contributed by atoms with E-state index in [1.165, 1.54) is 5.69 Å². The first-order chi connectivity index (χ1) is 9.19. The van der Waals surface area contributed by atoms with Gasteiger partial charge in [-0.3, -0.25) is 16.0 Å². The van der Waals surface area contributed by atoms with Gasteiger partial charge < -0.3 is 4.57 Å². The zero-order chi connectivity index (χ0) is 13.8. The van der Waals surface area contributed by atoms with Crippen LogP contribution < -0.4 is 11.3 Å². The zero-order valence-corrected chi connectivity index (χ0v) is 11.8. The summed E-state index contributed by atoms with van der Waals surface area (Å²) in [5.41, 5.74) is 6.26. The first-order valence-corrected chi connectivity index (χ1v) is 6.67. The first-order valence-electron chi connectivity index (χ1n) is 6.67. The summed E-state index contributed by atoms with van der Waals surface area (Å²) in [7, 11) is 1.97. The monoisotopic (exact) mass is 262 g/mol. The molecule has 0 aliphatic heterocycles. The normalized spacial score (nSPS) is 12.8. The molecule has 0 spiro atoms. The summed E-state index contributed by atoms with van der Waals surface area (Å²) in [6, 6.07) is 2.20. The molecule has 0 radical (unpaired) electrons. The maximum absolute atomic E-state index is 5.69. The van der Waals surface area contributed by atoms with Crippen molar-refractivity contribution in [3.05, 3.63) is 35.7 Å². The molecule has 104 valence electrons. The Labute approximate surface area is 113 Å². The molecule has 0 fully saturated rings. The van der Waals surface area contributed by atoms with Crippen molar-refractivity contribution < 1.29 is 0 Å². The van der Waals surface area contributed by atoms with Crippen molar-refractivity contribution in [2.45, 2.75) is 39.3 Å². The molecular weight excluding hydrogens is 240 g/mol. The second kappa shape index (κ2) is 5.99. The van der Waals surface area contributed by atoms with Gasteiger partial charge in [-0.2, -0.15) is 5.10 Å². The Kier molecular flexibility index (Phi) is 4.34. The molecule has 2 heterocycles. The predicted octanol–water partition coefficient (Wildman–Crippen LogP) is 0.946. The van der Waals surface area contributed by atoms with Crippen LogP contribution in [-0.2, 0) is 26.4 Å². The molecule has 3 N–H and O–H groups in total. The Morgan fingerprint density at radius 3 is 2.74 bits per heavy atom. The van der Waals surface area contributed by atoms with Crippen molar-refractivity contribution in [2.24, 2.45) is 12.9 Å². The van der Waals surface area contributed by atoms with Crippen molar-refractivity contribution in [2.75, 3.05) is 0 Å². The van der Waals surface area contributed by atoms with Crippen LogP contribution in [0.4, 0.5) is 0 Å². The van der Waals surface area contributed by atoms with Gasteiger partial charge in [0.05, 0.1) is 23.8 Å². The summed E-state index contributed by atoms with van der Waals surface area (Å²) in [6.45, 7) is 5.09. The number of imidazole rings is 1. The number of nitrogens with one attached hydrogen (secondary N) is 1. The Morgan fingerprint density at radius 2 is 2.21 bits per heavy atom. The van der Waals surface area contributed by atoms with Gasteiger partial charge in [-0.15, -0.1) is 0 Å². The van der Waals surface area contributed by atoms with E-state index in [1.54, 1.807) is 6.33 Å². The van der Waals surface area contributed by atoms with Gasteiger partial charge in [0.2, 0.25) is 0 Å². The lowest BCUT2D eigenvalue weighted by Crippen LogP contribution is -2.31. The lowest BCUT2D eigenvalue weighted by Gasteiger charge is -2.16. The number of hydrogen-bond donors (Lipinski definition) is 2. The average Bonchev–Trinajstić information content (AvgIpc) is 3.01. The molecule has 0 saturated heterocycles. The molecule has 0 bridgehead atoms. The Bertz CT molecular complexity index is 527. The maximum atomic E-state index is 5.69. The summed E-state index contributed by atoms with van der Waals surface area (Å²) in [6.07, 6.45) is 5.38. The molecule has 6 nitrogen and oxygen atoms in total. The van der Waals surface area contributed by atoms with Crippen molar-refractivity contribution in [1.82, 2.24) is 24.8 Å². The van der Waals surface area contributed by atoms with E-state index < -0.39 is 0 Å². The fourth-order valence-corrected chi connectivity index (χ4v) is 2.29. The average molecular weight is 262 g/mol. The van der Waals surface area contributed by atoms with Crippen LogP contribution in [0.15, 0.2) is 18.6 Å². The minimum Gasteiger partial charge on any atom is -0.336 e. The van der Waals surface area contributed by atoms with Gasteiger partial charge in [0.25, 0.3) is 0 Å². The van der Waals surface area contributed by atoms with E-state index in [9.17, 15) is 0 Å². The fraction of sp³-hybridized carbons (Fsp3) is 0.538. The number of nitrogens with two attached hydrogens (primary N) is 1. The van der Waals surface area contributed by atoms with Gasteiger partial charge in [0.15, 0.2) is 0 Å². The van der Waals surface area contributed by atoms with Crippen LogP contribution in [0.1, 0.15) is 37.0 Å². The standard InChI is InChI=1S/C13H22N6/c1-4-10-6-11(19(5-2)17-10)7-12(16-14)13-8-15-9-18(13)3/h6,8-9,12,16H,4-5,7,14H2,1-3H3. The third-order valence-electron chi connectivity index (χ3n) is 3.40. The molecule has 0 saturated carbocycles. The van der Waals surface area contributed by atoms with Gasteiger partial charge in [-0.1, -0.05) is 6.92 Å². The van der Waals surface area contributed by atoms with E-state index in [2.05, 4.69) is 35.4 Å². The van der Waals surface area contributed by atoms with E-state index in [4.69, 9.17) is 5.84 Å². The van der Waals surface area contributed by atoms with Crippen molar-refractivity contribution in [3.63, 3.8) is 0 Å². The van der Waals surface area contributed by atoms with E-state index in [0.29, 0.717) is 0 Å². The molecule has 1 unspecified atom stereocenters. The molecule has 0 aliphatic carbocycles. The van der Waals surface area contributed by atoms with Gasteiger partial charge in [-0.25, -0.2) is 4.98 Å². The second-order valence-electron chi connectivity index (χ2n) is 4.65. The highest BCUT2D eigenvalue weighted by molar-refractivity contribution is 5.15. The number of nitrogens with zero attached hydrogens (tertiary/aromatic N) is 4. The van der Waals surface area contributed by atoms with E-state index in [1.807, 2.05) is 22.5 Å². The lowest BCUT2D eigenvalue weighted by atomic mass is 10.1. The molecule has 2 aromatic rings. The van der Waals surface area contributed by atoms with Crippen molar-refractivity contribution in [3.8, 4) is 0 Å². The summed E-state index contributed by atoms with van der Waals surface area (Å²) >= 11 is 0. The number of aromatic nitrogens is 4. The van der Waals surface area contributed by atoms with Crippen LogP contribution in [0.2, 0.25) is 0 Å². The van der Waals surface area contributed by atoms with Crippen LogP contribution in [0.5, 0.6) is 0 Å². The minimum absolute atomic E-state index is 0.0409. The number of hydrogen-bond acceptors (Lipinski definition) is 4. The number of hydrazine groups is 1. The molecule has 1 atom stereocenters. The first kappa shape index (κ1) is 13.8.